The number of benzene rings is 1. The zero-order valence-electron chi connectivity index (χ0n) is 14.0. The summed E-state index contributed by atoms with van der Waals surface area (Å²) in [4.78, 5) is 14.1. The number of hydrogen-bond acceptors (Lipinski definition) is 5. The number of anilines is 1. The van der Waals surface area contributed by atoms with Crippen molar-refractivity contribution < 1.29 is 18.3 Å². The molecule has 1 aromatic carbocycles. The molecule has 23 heavy (non-hydrogen) atoms. The molecular formula is C16H26N2O4S. The van der Waals surface area contributed by atoms with Crippen LogP contribution in [-0.2, 0) is 14.6 Å². The van der Waals surface area contributed by atoms with Crippen LogP contribution in [0.3, 0.4) is 0 Å². The Kier molecular flexibility index (Phi) is 7.51. The molecule has 2 N–H and O–H groups in total. The van der Waals surface area contributed by atoms with E-state index in [1.54, 1.807) is 6.92 Å². The molecule has 1 amide bonds. The summed E-state index contributed by atoms with van der Waals surface area (Å²) in [6.07, 6.45) is 2.46. The summed E-state index contributed by atoms with van der Waals surface area (Å²) in [6, 6.07) is 3.92. The van der Waals surface area contributed by atoms with Crippen molar-refractivity contribution in [2.24, 2.45) is 0 Å². The highest BCUT2D eigenvalue weighted by Gasteiger charge is 2.15. The van der Waals surface area contributed by atoms with Crippen LogP contribution in [0.4, 0.5) is 5.69 Å². The van der Waals surface area contributed by atoms with E-state index in [4.69, 9.17) is 0 Å². The largest absolute Gasteiger partial charge is 0.506 e. The molecule has 0 radical (unpaired) electrons. The van der Waals surface area contributed by atoms with Crippen molar-refractivity contribution in [1.82, 2.24) is 4.90 Å². The van der Waals surface area contributed by atoms with E-state index in [1.165, 1.54) is 18.2 Å². The van der Waals surface area contributed by atoms with E-state index >= 15 is 0 Å². The average molecular weight is 342 g/mol. The number of phenolic OH excluding ortho intramolecular Hbond substituents is 1. The molecule has 130 valence electrons. The fourth-order valence-corrected chi connectivity index (χ4v) is 2.93. The van der Waals surface area contributed by atoms with E-state index in [1.807, 2.05) is 7.05 Å². The molecule has 0 bridgehead atoms. The van der Waals surface area contributed by atoms with Gasteiger partial charge in [-0.15, -0.1) is 0 Å². The molecule has 1 rings (SSSR count). The smallest absolute Gasteiger partial charge is 0.225 e. The van der Waals surface area contributed by atoms with Gasteiger partial charge in [-0.1, -0.05) is 20.3 Å². The monoisotopic (exact) mass is 342 g/mol. The molecule has 0 atom stereocenters. The Morgan fingerprint density at radius 1 is 1.26 bits per heavy atom. The van der Waals surface area contributed by atoms with E-state index in [9.17, 15) is 18.3 Å². The van der Waals surface area contributed by atoms with Gasteiger partial charge >= 0.3 is 0 Å². The van der Waals surface area contributed by atoms with E-state index in [-0.39, 0.29) is 34.4 Å². The maximum absolute atomic E-state index is 12.0. The Morgan fingerprint density at radius 2 is 1.96 bits per heavy atom. The Balaban J connectivity index is 2.69. The fourth-order valence-electron chi connectivity index (χ4n) is 2.02. The molecule has 7 heteroatoms. The number of aromatic hydroxyl groups is 1. The number of unbranched alkanes of at least 4 members (excludes halogenated alkanes) is 1. The van der Waals surface area contributed by atoms with Crippen LogP contribution in [0.5, 0.6) is 5.75 Å². The predicted molar refractivity (Wildman–Crippen MR) is 91.5 cm³/mol. The Labute approximate surface area is 138 Å². The van der Waals surface area contributed by atoms with Crippen LogP contribution in [0.1, 0.15) is 33.1 Å². The number of nitrogens with zero attached hydrogens (tertiary/aromatic N) is 1. The van der Waals surface area contributed by atoms with Gasteiger partial charge in [0.25, 0.3) is 0 Å². The number of rotatable bonds is 9. The van der Waals surface area contributed by atoms with Crippen LogP contribution in [0.15, 0.2) is 23.1 Å². The highest BCUT2D eigenvalue weighted by atomic mass is 32.2. The van der Waals surface area contributed by atoms with Gasteiger partial charge in [0.2, 0.25) is 5.91 Å². The van der Waals surface area contributed by atoms with Crippen LogP contribution in [0.2, 0.25) is 0 Å². The summed E-state index contributed by atoms with van der Waals surface area (Å²) in [5.74, 6) is -0.435. The first-order valence-electron chi connectivity index (χ1n) is 7.84. The molecule has 0 fully saturated rings. The number of carbonyl (C=O) groups excluding carboxylic acids is 1. The van der Waals surface area contributed by atoms with Crippen LogP contribution < -0.4 is 5.32 Å². The van der Waals surface area contributed by atoms with Gasteiger partial charge in [0.05, 0.1) is 16.3 Å². The molecule has 0 aliphatic heterocycles. The summed E-state index contributed by atoms with van der Waals surface area (Å²) in [7, 11) is -1.43. The van der Waals surface area contributed by atoms with Gasteiger partial charge in [-0.2, -0.15) is 0 Å². The minimum Gasteiger partial charge on any atom is -0.506 e. The zero-order valence-corrected chi connectivity index (χ0v) is 14.8. The standard InChI is InChI=1S/C16H26N2O4S/c1-4-6-10-18(3)11-9-16(20)17-14-12-13(7-8-15(14)19)23(21,22)5-2/h7-8,12,19H,4-6,9-11H2,1-3H3,(H,17,20). The number of phenols is 1. The van der Waals surface area contributed by atoms with Gasteiger partial charge < -0.3 is 15.3 Å². The number of sulfone groups is 1. The van der Waals surface area contributed by atoms with E-state index in [2.05, 4.69) is 17.1 Å². The number of amides is 1. The first-order chi connectivity index (χ1) is 10.8. The van der Waals surface area contributed by atoms with Crippen LogP contribution >= 0.6 is 0 Å². The van der Waals surface area contributed by atoms with E-state index in [0.29, 0.717) is 6.54 Å². The Morgan fingerprint density at radius 3 is 2.57 bits per heavy atom. The first-order valence-corrected chi connectivity index (χ1v) is 9.49. The summed E-state index contributed by atoms with van der Waals surface area (Å²) in [5, 5.41) is 12.4. The second-order valence-electron chi connectivity index (χ2n) is 5.54. The molecule has 1 aromatic rings. The number of hydrogen-bond donors (Lipinski definition) is 2. The van der Waals surface area contributed by atoms with Gasteiger partial charge in [0.1, 0.15) is 5.75 Å². The molecule has 0 aliphatic carbocycles. The lowest BCUT2D eigenvalue weighted by molar-refractivity contribution is -0.116. The zero-order chi connectivity index (χ0) is 17.5. The highest BCUT2D eigenvalue weighted by molar-refractivity contribution is 7.91. The Bertz CT molecular complexity index is 629. The van der Waals surface area contributed by atoms with Gasteiger partial charge in [0.15, 0.2) is 9.84 Å². The normalized spacial score (nSPS) is 11.7. The summed E-state index contributed by atoms with van der Waals surface area (Å²) in [5.41, 5.74) is 0.126. The quantitative estimate of drug-likeness (QED) is 0.672. The maximum atomic E-state index is 12.0. The van der Waals surface area contributed by atoms with Gasteiger partial charge in [-0.05, 0) is 38.2 Å². The van der Waals surface area contributed by atoms with Crippen molar-refractivity contribution in [3.05, 3.63) is 18.2 Å². The highest BCUT2D eigenvalue weighted by Crippen LogP contribution is 2.27. The lowest BCUT2D eigenvalue weighted by Crippen LogP contribution is -2.25. The third kappa shape index (κ3) is 6.19. The topological polar surface area (TPSA) is 86.7 Å². The third-order valence-electron chi connectivity index (χ3n) is 3.60. The predicted octanol–water partition coefficient (Wildman–Crippen LogP) is 2.25. The van der Waals surface area contributed by atoms with Crippen molar-refractivity contribution in [2.75, 3.05) is 31.2 Å². The van der Waals surface area contributed by atoms with E-state index < -0.39 is 9.84 Å². The van der Waals surface area contributed by atoms with Crippen molar-refractivity contribution in [3.8, 4) is 5.75 Å². The third-order valence-corrected chi connectivity index (χ3v) is 5.33. The number of carbonyl (C=O) groups is 1. The molecule has 0 aliphatic rings. The summed E-state index contributed by atoms with van der Waals surface area (Å²) in [6.45, 7) is 5.20. The van der Waals surface area contributed by atoms with Gasteiger partial charge in [-0.3, -0.25) is 4.79 Å². The Hall–Kier alpha value is -1.60. The lowest BCUT2D eigenvalue weighted by atomic mass is 10.2. The molecule has 0 unspecified atom stereocenters. The number of nitrogens with one attached hydrogen (secondary N) is 1. The second-order valence-corrected chi connectivity index (χ2v) is 7.82. The van der Waals surface area contributed by atoms with Crippen LogP contribution in [-0.4, -0.2) is 50.2 Å². The minimum absolute atomic E-state index is 0.0343. The van der Waals surface area contributed by atoms with Crippen molar-refractivity contribution >= 4 is 21.4 Å². The van der Waals surface area contributed by atoms with Crippen molar-refractivity contribution in [3.63, 3.8) is 0 Å². The molecule has 0 aromatic heterocycles. The molecule has 0 saturated carbocycles. The van der Waals surface area contributed by atoms with Gasteiger partial charge in [-0.25, -0.2) is 8.42 Å². The van der Waals surface area contributed by atoms with Crippen molar-refractivity contribution in [1.29, 1.82) is 0 Å². The second kappa shape index (κ2) is 8.88. The van der Waals surface area contributed by atoms with E-state index in [0.717, 1.165) is 19.4 Å². The first kappa shape index (κ1) is 19.4. The molecule has 0 spiro atoms. The average Bonchev–Trinajstić information content (AvgIpc) is 2.52. The fraction of sp³-hybridized carbons (Fsp3) is 0.562. The van der Waals surface area contributed by atoms with Crippen LogP contribution in [0, 0.1) is 0 Å². The maximum Gasteiger partial charge on any atom is 0.225 e. The molecule has 0 heterocycles. The summed E-state index contributed by atoms with van der Waals surface area (Å²) >= 11 is 0. The molecule has 0 saturated heterocycles. The molecular weight excluding hydrogens is 316 g/mol. The lowest BCUT2D eigenvalue weighted by Gasteiger charge is -2.16. The van der Waals surface area contributed by atoms with Crippen molar-refractivity contribution in [2.45, 2.75) is 38.0 Å². The van der Waals surface area contributed by atoms with Gasteiger partial charge in [0, 0.05) is 13.0 Å². The molecule has 6 nitrogen and oxygen atoms in total. The minimum atomic E-state index is -3.38. The van der Waals surface area contributed by atoms with Crippen LogP contribution in [0.25, 0.3) is 0 Å². The summed E-state index contributed by atoms with van der Waals surface area (Å²) < 4.78 is 23.7. The SMILES string of the molecule is CCCCN(C)CCC(=O)Nc1cc(S(=O)(=O)CC)ccc1O.